The molecule has 1 aromatic rings. The monoisotopic (exact) mass is 262 g/mol. The Morgan fingerprint density at radius 3 is 2.39 bits per heavy atom. The predicted octanol–water partition coefficient (Wildman–Crippen LogP) is 4.30. The highest BCUT2D eigenvalue weighted by molar-refractivity contribution is 8.14. The molecule has 0 spiro atoms. The van der Waals surface area contributed by atoms with E-state index in [4.69, 9.17) is 4.99 Å². The van der Waals surface area contributed by atoms with Crippen LogP contribution in [0.5, 0.6) is 0 Å². The van der Waals surface area contributed by atoms with Gasteiger partial charge in [-0.1, -0.05) is 36.4 Å². The standard InChI is InChI=1S/C15H22N2S/c1-6-15(5)9-18-14(17-15)16-13-11(3)7-10(2)8-12(13)4/h7-8H,6,9H2,1-5H3,(H,16,17). The van der Waals surface area contributed by atoms with Crippen molar-refractivity contribution in [3.63, 3.8) is 0 Å². The molecule has 1 N–H and O–H groups in total. The maximum absolute atomic E-state index is 4.81. The number of amidine groups is 1. The Hall–Kier alpha value is -0.960. The van der Waals surface area contributed by atoms with Gasteiger partial charge in [0.25, 0.3) is 0 Å². The van der Waals surface area contributed by atoms with Crippen molar-refractivity contribution in [2.45, 2.75) is 46.6 Å². The van der Waals surface area contributed by atoms with Gasteiger partial charge in [-0.2, -0.15) is 0 Å². The van der Waals surface area contributed by atoms with Crippen LogP contribution in [0.1, 0.15) is 37.0 Å². The molecule has 0 bridgehead atoms. The summed E-state index contributed by atoms with van der Waals surface area (Å²) in [5, 5.41) is 4.57. The summed E-state index contributed by atoms with van der Waals surface area (Å²) >= 11 is 1.83. The molecule has 1 unspecified atom stereocenters. The molecule has 0 fully saturated rings. The topological polar surface area (TPSA) is 24.4 Å². The number of benzene rings is 1. The molecular formula is C15H22N2S. The van der Waals surface area contributed by atoms with Gasteiger partial charge in [0, 0.05) is 11.4 Å². The summed E-state index contributed by atoms with van der Waals surface area (Å²) < 4.78 is 0. The third-order valence-corrected chi connectivity index (χ3v) is 4.79. The van der Waals surface area contributed by atoms with E-state index in [2.05, 4.69) is 52.1 Å². The molecule has 1 heterocycles. The Balaban J connectivity index is 2.24. The second-order valence-electron chi connectivity index (χ2n) is 5.45. The average molecular weight is 262 g/mol. The van der Waals surface area contributed by atoms with Gasteiger partial charge in [-0.15, -0.1) is 0 Å². The van der Waals surface area contributed by atoms with Gasteiger partial charge in [0.05, 0.1) is 5.54 Å². The summed E-state index contributed by atoms with van der Waals surface area (Å²) in [4.78, 5) is 4.81. The minimum atomic E-state index is 0.111. The van der Waals surface area contributed by atoms with Crippen molar-refractivity contribution in [3.8, 4) is 0 Å². The van der Waals surface area contributed by atoms with Crippen molar-refractivity contribution < 1.29 is 0 Å². The van der Waals surface area contributed by atoms with E-state index >= 15 is 0 Å². The highest BCUT2D eigenvalue weighted by Gasteiger charge is 2.29. The summed E-state index contributed by atoms with van der Waals surface area (Å²) in [5.74, 6) is 1.08. The van der Waals surface area contributed by atoms with E-state index in [9.17, 15) is 0 Å². The van der Waals surface area contributed by atoms with E-state index in [0.29, 0.717) is 0 Å². The van der Waals surface area contributed by atoms with Crippen LogP contribution >= 0.6 is 11.8 Å². The van der Waals surface area contributed by atoms with E-state index in [1.54, 1.807) is 0 Å². The molecule has 2 rings (SSSR count). The van der Waals surface area contributed by atoms with Gasteiger partial charge in [-0.3, -0.25) is 4.99 Å². The van der Waals surface area contributed by atoms with Gasteiger partial charge in [0.1, 0.15) is 0 Å². The third kappa shape index (κ3) is 2.72. The van der Waals surface area contributed by atoms with E-state index in [1.165, 1.54) is 22.4 Å². The van der Waals surface area contributed by atoms with Gasteiger partial charge in [0.15, 0.2) is 5.17 Å². The number of aryl methyl sites for hydroxylation is 3. The van der Waals surface area contributed by atoms with Crippen LogP contribution in [0.3, 0.4) is 0 Å². The first-order valence-corrected chi connectivity index (χ1v) is 7.49. The molecule has 0 aromatic heterocycles. The Morgan fingerprint density at radius 2 is 1.89 bits per heavy atom. The van der Waals surface area contributed by atoms with Gasteiger partial charge < -0.3 is 5.32 Å². The van der Waals surface area contributed by atoms with Crippen LogP contribution in [0.25, 0.3) is 0 Å². The van der Waals surface area contributed by atoms with E-state index in [-0.39, 0.29) is 5.54 Å². The minimum absolute atomic E-state index is 0.111. The Kier molecular flexibility index (Phi) is 3.71. The lowest BCUT2D eigenvalue weighted by Gasteiger charge is -2.15. The summed E-state index contributed by atoms with van der Waals surface area (Å²) in [5.41, 5.74) is 5.23. The molecule has 18 heavy (non-hydrogen) atoms. The average Bonchev–Trinajstić information content (AvgIpc) is 2.66. The number of nitrogens with one attached hydrogen (secondary N) is 1. The fourth-order valence-corrected chi connectivity index (χ4v) is 3.44. The lowest BCUT2D eigenvalue weighted by Crippen LogP contribution is -2.20. The first-order chi connectivity index (χ1) is 8.43. The lowest BCUT2D eigenvalue weighted by molar-refractivity contribution is 0.523. The van der Waals surface area contributed by atoms with E-state index in [0.717, 1.165) is 17.3 Å². The van der Waals surface area contributed by atoms with Crippen molar-refractivity contribution >= 4 is 22.6 Å². The molecule has 0 saturated heterocycles. The van der Waals surface area contributed by atoms with Crippen LogP contribution in [0.4, 0.5) is 5.69 Å². The number of anilines is 1. The molecule has 1 atom stereocenters. The summed E-state index contributed by atoms with van der Waals surface area (Å²) in [6, 6.07) is 4.43. The zero-order chi connectivity index (χ0) is 13.3. The third-order valence-electron chi connectivity index (χ3n) is 3.56. The summed E-state index contributed by atoms with van der Waals surface area (Å²) in [6.07, 6.45) is 1.09. The molecule has 1 aliphatic rings. The van der Waals surface area contributed by atoms with Gasteiger partial charge in [-0.05, 0) is 45.2 Å². The minimum Gasteiger partial charge on any atom is -0.335 e. The Bertz CT molecular complexity index is 470. The van der Waals surface area contributed by atoms with Crippen LogP contribution in [-0.4, -0.2) is 16.5 Å². The predicted molar refractivity (Wildman–Crippen MR) is 82.9 cm³/mol. The second kappa shape index (κ2) is 4.96. The normalized spacial score (nSPS) is 23.1. The second-order valence-corrected chi connectivity index (χ2v) is 6.42. The highest BCUT2D eigenvalue weighted by atomic mass is 32.2. The SMILES string of the molecule is CCC1(C)CSC(Nc2c(C)cc(C)cc2C)=N1. The highest BCUT2D eigenvalue weighted by Crippen LogP contribution is 2.32. The van der Waals surface area contributed by atoms with Crippen LogP contribution in [0.15, 0.2) is 17.1 Å². The van der Waals surface area contributed by atoms with Crippen molar-refractivity contribution in [2.24, 2.45) is 4.99 Å². The van der Waals surface area contributed by atoms with Crippen molar-refractivity contribution in [3.05, 3.63) is 28.8 Å². The molecule has 0 saturated carbocycles. The number of hydrogen-bond acceptors (Lipinski definition) is 3. The van der Waals surface area contributed by atoms with E-state index in [1.807, 2.05) is 11.8 Å². The molecule has 1 aliphatic heterocycles. The number of rotatable bonds is 2. The van der Waals surface area contributed by atoms with Crippen molar-refractivity contribution in [1.82, 2.24) is 0 Å². The number of nitrogens with zero attached hydrogens (tertiary/aromatic N) is 1. The smallest absolute Gasteiger partial charge is 0.161 e. The molecule has 0 aliphatic carbocycles. The first kappa shape index (κ1) is 13.5. The number of thioether (sulfide) groups is 1. The van der Waals surface area contributed by atoms with Crippen LogP contribution < -0.4 is 5.32 Å². The number of hydrogen-bond donors (Lipinski definition) is 1. The van der Waals surface area contributed by atoms with Crippen molar-refractivity contribution in [2.75, 3.05) is 11.1 Å². The number of aliphatic imine (C=N–C) groups is 1. The maximum Gasteiger partial charge on any atom is 0.161 e. The quantitative estimate of drug-likeness (QED) is 0.859. The van der Waals surface area contributed by atoms with Crippen LogP contribution in [-0.2, 0) is 0 Å². The maximum atomic E-state index is 4.81. The molecule has 2 nitrogen and oxygen atoms in total. The molecule has 98 valence electrons. The Labute approximate surface area is 114 Å². The fourth-order valence-electron chi connectivity index (χ4n) is 2.26. The van der Waals surface area contributed by atoms with Gasteiger partial charge in [0.2, 0.25) is 0 Å². The molecule has 1 aromatic carbocycles. The summed E-state index contributed by atoms with van der Waals surface area (Å²) in [6.45, 7) is 10.9. The Morgan fingerprint density at radius 1 is 1.28 bits per heavy atom. The molecule has 0 amide bonds. The lowest BCUT2D eigenvalue weighted by atomic mass is 10.0. The van der Waals surface area contributed by atoms with Crippen molar-refractivity contribution in [1.29, 1.82) is 0 Å². The molecule has 0 radical (unpaired) electrons. The largest absolute Gasteiger partial charge is 0.335 e. The molecule has 3 heteroatoms. The van der Waals surface area contributed by atoms with Crippen LogP contribution in [0, 0.1) is 20.8 Å². The summed E-state index contributed by atoms with van der Waals surface area (Å²) in [7, 11) is 0. The van der Waals surface area contributed by atoms with Gasteiger partial charge >= 0.3 is 0 Å². The molecular weight excluding hydrogens is 240 g/mol. The fraction of sp³-hybridized carbons (Fsp3) is 0.533. The zero-order valence-electron chi connectivity index (χ0n) is 11.9. The first-order valence-electron chi connectivity index (χ1n) is 6.51. The zero-order valence-corrected chi connectivity index (χ0v) is 12.7. The van der Waals surface area contributed by atoms with E-state index < -0.39 is 0 Å². The van der Waals surface area contributed by atoms with Gasteiger partial charge in [-0.25, -0.2) is 0 Å². The van der Waals surface area contributed by atoms with Crippen LogP contribution in [0.2, 0.25) is 0 Å².